The van der Waals surface area contributed by atoms with Gasteiger partial charge >= 0.3 is 6.18 Å². The van der Waals surface area contributed by atoms with Crippen molar-refractivity contribution in [3.05, 3.63) is 51.9 Å². The first kappa shape index (κ1) is 21.1. The Hall–Kier alpha value is -2.62. The highest BCUT2D eigenvalue weighted by molar-refractivity contribution is 7.09. The summed E-state index contributed by atoms with van der Waals surface area (Å²) in [6.45, 7) is 3.47. The third kappa shape index (κ3) is 5.69. The van der Waals surface area contributed by atoms with Gasteiger partial charge < -0.3 is 15.6 Å². The fourth-order valence-corrected chi connectivity index (χ4v) is 3.63. The van der Waals surface area contributed by atoms with Crippen LogP contribution in [0.3, 0.4) is 0 Å². The lowest BCUT2D eigenvalue weighted by molar-refractivity contribution is -0.140. The first-order chi connectivity index (χ1) is 13.9. The number of aromatic nitrogens is 2. The van der Waals surface area contributed by atoms with Crippen molar-refractivity contribution in [3.63, 3.8) is 0 Å². The Bertz CT molecular complexity index is 977. The zero-order valence-corrected chi connectivity index (χ0v) is 16.6. The summed E-state index contributed by atoms with van der Waals surface area (Å²) in [6.07, 6.45) is -1.56. The molecule has 2 heterocycles. The van der Waals surface area contributed by atoms with E-state index in [2.05, 4.69) is 25.6 Å². The van der Waals surface area contributed by atoms with Crippen LogP contribution in [0.2, 0.25) is 0 Å². The van der Waals surface area contributed by atoms with Gasteiger partial charge in [0.15, 0.2) is 11.7 Å². The molecule has 0 amide bonds. The third-order valence-corrected chi connectivity index (χ3v) is 5.11. The van der Waals surface area contributed by atoms with Crippen LogP contribution in [0.4, 0.5) is 17.6 Å². The number of guanidine groups is 1. The monoisotopic (exact) mass is 427 g/mol. The highest BCUT2D eigenvalue weighted by atomic mass is 32.1. The van der Waals surface area contributed by atoms with Crippen molar-refractivity contribution in [2.24, 2.45) is 4.99 Å². The van der Waals surface area contributed by atoms with E-state index >= 15 is 0 Å². The summed E-state index contributed by atoms with van der Waals surface area (Å²) in [5, 5.41) is 8.55. The van der Waals surface area contributed by atoms with E-state index in [1.165, 1.54) is 12.1 Å². The van der Waals surface area contributed by atoms with Gasteiger partial charge in [0.2, 0.25) is 0 Å². The van der Waals surface area contributed by atoms with Gasteiger partial charge in [0.25, 0.3) is 0 Å². The predicted octanol–water partition coefficient (Wildman–Crippen LogP) is 4.12. The minimum absolute atomic E-state index is 0.280. The quantitative estimate of drug-likeness (QED) is 0.302. The number of aliphatic imine (C=N–C) groups is 1. The van der Waals surface area contributed by atoms with Crippen LogP contribution >= 0.6 is 11.3 Å². The Morgan fingerprint density at radius 1 is 1.24 bits per heavy atom. The Balaban J connectivity index is 1.54. The molecule has 0 unspecified atom stereocenters. The Kier molecular flexibility index (Phi) is 6.73. The molecule has 3 rings (SSSR count). The van der Waals surface area contributed by atoms with Gasteiger partial charge in [0.1, 0.15) is 5.82 Å². The lowest BCUT2D eigenvalue weighted by Gasteiger charge is -2.11. The molecule has 10 heteroatoms. The molecular formula is C19H21F4N5S. The third-order valence-electron chi connectivity index (χ3n) is 4.20. The molecule has 3 N–H and O–H groups in total. The van der Waals surface area contributed by atoms with E-state index in [9.17, 15) is 17.6 Å². The largest absolute Gasteiger partial charge is 0.434 e. The number of nitrogens with zero attached hydrogens (tertiary/aromatic N) is 2. The molecule has 0 saturated heterocycles. The summed E-state index contributed by atoms with van der Waals surface area (Å²) >= 11 is 0.985. The van der Waals surface area contributed by atoms with Gasteiger partial charge in [-0.3, -0.25) is 4.99 Å². The summed E-state index contributed by atoms with van der Waals surface area (Å²) < 4.78 is 51.3. The van der Waals surface area contributed by atoms with Gasteiger partial charge in [-0.25, -0.2) is 9.37 Å². The molecule has 0 fully saturated rings. The Labute approximate surface area is 169 Å². The summed E-state index contributed by atoms with van der Waals surface area (Å²) in [7, 11) is 0. The molecule has 29 heavy (non-hydrogen) atoms. The minimum Gasteiger partial charge on any atom is -0.361 e. The Morgan fingerprint density at radius 2 is 2.07 bits per heavy atom. The van der Waals surface area contributed by atoms with E-state index in [0.717, 1.165) is 33.2 Å². The SMILES string of the molecule is CCNC(=NCCc1nc(C(F)(F)F)cs1)NCCc1c[nH]c2ccc(F)cc12. The van der Waals surface area contributed by atoms with Crippen molar-refractivity contribution >= 4 is 28.2 Å². The van der Waals surface area contributed by atoms with E-state index in [1.807, 2.05) is 13.1 Å². The maximum absolute atomic E-state index is 13.5. The highest BCUT2D eigenvalue weighted by Crippen LogP contribution is 2.30. The lowest BCUT2D eigenvalue weighted by Crippen LogP contribution is -2.38. The van der Waals surface area contributed by atoms with Crippen LogP contribution in [0.5, 0.6) is 0 Å². The van der Waals surface area contributed by atoms with Crippen molar-refractivity contribution in [3.8, 4) is 0 Å². The number of nitrogens with one attached hydrogen (secondary N) is 3. The van der Waals surface area contributed by atoms with Crippen LogP contribution in [0.25, 0.3) is 10.9 Å². The van der Waals surface area contributed by atoms with Crippen molar-refractivity contribution in [2.75, 3.05) is 19.6 Å². The average molecular weight is 427 g/mol. The van der Waals surface area contributed by atoms with Gasteiger partial charge in [0, 0.05) is 48.5 Å². The number of aromatic amines is 1. The first-order valence-corrected chi connectivity index (χ1v) is 10.0. The van der Waals surface area contributed by atoms with Gasteiger partial charge in [-0.1, -0.05) is 0 Å². The van der Waals surface area contributed by atoms with E-state index < -0.39 is 11.9 Å². The number of halogens is 4. The second-order valence-electron chi connectivity index (χ2n) is 6.32. The lowest BCUT2D eigenvalue weighted by atomic mass is 10.1. The molecule has 0 aliphatic heterocycles. The molecular weight excluding hydrogens is 406 g/mol. The molecule has 0 saturated carbocycles. The second-order valence-corrected chi connectivity index (χ2v) is 7.26. The molecule has 0 atom stereocenters. The molecule has 0 radical (unpaired) electrons. The molecule has 2 aromatic heterocycles. The van der Waals surface area contributed by atoms with E-state index in [0.29, 0.717) is 43.4 Å². The predicted molar refractivity (Wildman–Crippen MR) is 107 cm³/mol. The van der Waals surface area contributed by atoms with Crippen molar-refractivity contribution in [1.82, 2.24) is 20.6 Å². The van der Waals surface area contributed by atoms with Crippen molar-refractivity contribution in [2.45, 2.75) is 25.9 Å². The average Bonchev–Trinajstić information content (AvgIpc) is 3.29. The number of hydrogen-bond acceptors (Lipinski definition) is 3. The van der Waals surface area contributed by atoms with Crippen LogP contribution in [-0.2, 0) is 19.0 Å². The molecule has 156 valence electrons. The maximum atomic E-state index is 13.5. The van der Waals surface area contributed by atoms with Gasteiger partial charge in [-0.05, 0) is 37.1 Å². The van der Waals surface area contributed by atoms with Gasteiger partial charge in [0.05, 0.1) is 5.01 Å². The first-order valence-electron chi connectivity index (χ1n) is 9.16. The van der Waals surface area contributed by atoms with Crippen LogP contribution in [0.15, 0.2) is 34.8 Å². The Morgan fingerprint density at radius 3 is 2.79 bits per heavy atom. The molecule has 5 nitrogen and oxygen atoms in total. The van der Waals surface area contributed by atoms with E-state index in [4.69, 9.17) is 0 Å². The van der Waals surface area contributed by atoms with Crippen LogP contribution in [-0.4, -0.2) is 35.6 Å². The number of benzene rings is 1. The molecule has 0 aliphatic rings. The van der Waals surface area contributed by atoms with Crippen LogP contribution < -0.4 is 10.6 Å². The van der Waals surface area contributed by atoms with Gasteiger partial charge in [-0.15, -0.1) is 11.3 Å². The molecule has 0 aliphatic carbocycles. The number of hydrogen-bond donors (Lipinski definition) is 3. The van der Waals surface area contributed by atoms with Crippen molar-refractivity contribution in [1.29, 1.82) is 0 Å². The zero-order chi connectivity index (χ0) is 20.9. The summed E-state index contributed by atoms with van der Waals surface area (Å²) in [5.74, 6) is 0.295. The van der Waals surface area contributed by atoms with E-state index in [1.54, 1.807) is 6.07 Å². The highest BCUT2D eigenvalue weighted by Gasteiger charge is 2.33. The topological polar surface area (TPSA) is 65.1 Å². The number of H-pyrrole nitrogens is 1. The number of alkyl halides is 3. The molecule has 1 aromatic carbocycles. The maximum Gasteiger partial charge on any atom is 0.434 e. The number of fused-ring (bicyclic) bond motifs is 1. The summed E-state index contributed by atoms with van der Waals surface area (Å²) in [4.78, 5) is 11.1. The number of rotatable bonds is 7. The number of thiazole rings is 1. The van der Waals surface area contributed by atoms with Gasteiger partial charge in [-0.2, -0.15) is 13.2 Å². The standard InChI is InChI=1S/C19H21F4N5S/c1-2-24-18(26-8-6-17-28-16(11-29-17)19(21,22)23)25-7-5-12-10-27-15-4-3-13(20)9-14(12)15/h3-4,9-11,27H,2,5-8H2,1H3,(H2,24,25,26). The second kappa shape index (κ2) is 9.25. The van der Waals surface area contributed by atoms with Crippen LogP contribution in [0, 0.1) is 5.82 Å². The fraction of sp³-hybridized carbons (Fsp3) is 0.368. The zero-order valence-electron chi connectivity index (χ0n) is 15.7. The van der Waals surface area contributed by atoms with E-state index in [-0.39, 0.29) is 5.82 Å². The van der Waals surface area contributed by atoms with Crippen LogP contribution in [0.1, 0.15) is 23.2 Å². The summed E-state index contributed by atoms with van der Waals surface area (Å²) in [6, 6.07) is 4.62. The normalized spacial score (nSPS) is 12.5. The smallest absolute Gasteiger partial charge is 0.361 e. The summed E-state index contributed by atoms with van der Waals surface area (Å²) in [5.41, 5.74) is 1.01. The molecule has 0 bridgehead atoms. The van der Waals surface area contributed by atoms with Crippen molar-refractivity contribution < 1.29 is 17.6 Å². The fourth-order valence-electron chi connectivity index (χ4n) is 2.83. The molecule has 0 spiro atoms. The minimum atomic E-state index is -4.42. The molecule has 3 aromatic rings.